The largest absolute Gasteiger partial charge is 0.493 e. The van der Waals surface area contributed by atoms with E-state index in [1.54, 1.807) is 36.4 Å². The van der Waals surface area contributed by atoms with E-state index >= 15 is 0 Å². The third-order valence-electron chi connectivity index (χ3n) is 3.86. The van der Waals surface area contributed by atoms with Crippen molar-refractivity contribution in [2.75, 3.05) is 20.0 Å². The number of benzene rings is 2. The van der Waals surface area contributed by atoms with Gasteiger partial charge in [0.2, 0.25) is 0 Å². The quantitative estimate of drug-likeness (QED) is 0.522. The maximum absolute atomic E-state index is 12.2. The van der Waals surface area contributed by atoms with Gasteiger partial charge in [0.25, 0.3) is 0 Å². The first-order chi connectivity index (χ1) is 13.4. The second-order valence-corrected chi connectivity index (χ2v) is 7.34. The Morgan fingerprint density at radius 2 is 1.75 bits per heavy atom. The summed E-state index contributed by atoms with van der Waals surface area (Å²) in [5.41, 5.74) is 0.505. The predicted octanol–water partition coefficient (Wildman–Crippen LogP) is 1.93. The number of methoxy groups -OCH3 is 2. The maximum Gasteiger partial charge on any atom is 0.441 e. The molecule has 1 heterocycles. The first-order valence-electron chi connectivity index (χ1n) is 8.19. The standard InChI is InChI=1S/C18H18N2O7S/c1-24-15-9-8-13(12-16(15)25-2)17-19-26-18(21)20(17)10-11-28(22,23)27-14-6-4-3-5-7-14/h3-9,12H,10-11H2,1-2H3. The Kier molecular flexibility index (Phi) is 5.69. The van der Waals surface area contributed by atoms with Crippen molar-refractivity contribution < 1.29 is 26.6 Å². The van der Waals surface area contributed by atoms with Crippen LogP contribution in [0.25, 0.3) is 11.4 Å². The van der Waals surface area contributed by atoms with Crippen LogP contribution in [-0.4, -0.2) is 38.1 Å². The molecule has 0 fully saturated rings. The van der Waals surface area contributed by atoms with Crippen LogP contribution >= 0.6 is 0 Å². The second kappa shape index (κ2) is 8.17. The van der Waals surface area contributed by atoms with E-state index in [9.17, 15) is 13.2 Å². The van der Waals surface area contributed by atoms with Crippen LogP contribution in [0, 0.1) is 0 Å². The second-order valence-electron chi connectivity index (χ2n) is 5.65. The van der Waals surface area contributed by atoms with Crippen molar-refractivity contribution in [3.63, 3.8) is 0 Å². The highest BCUT2D eigenvalue weighted by atomic mass is 32.2. The number of ether oxygens (including phenoxy) is 2. The molecule has 0 saturated carbocycles. The minimum absolute atomic E-state index is 0.167. The van der Waals surface area contributed by atoms with Crippen LogP contribution in [0.15, 0.2) is 57.8 Å². The van der Waals surface area contributed by atoms with E-state index in [1.807, 2.05) is 0 Å². The van der Waals surface area contributed by atoms with E-state index in [0.717, 1.165) is 4.57 Å². The lowest BCUT2D eigenvalue weighted by molar-refractivity contribution is 0.355. The summed E-state index contributed by atoms with van der Waals surface area (Å²) in [6.45, 7) is -0.193. The van der Waals surface area contributed by atoms with Gasteiger partial charge >= 0.3 is 15.9 Å². The van der Waals surface area contributed by atoms with Crippen molar-refractivity contribution in [2.45, 2.75) is 6.54 Å². The Balaban J connectivity index is 1.83. The Labute approximate surface area is 161 Å². The fourth-order valence-corrected chi connectivity index (χ4v) is 3.41. The molecule has 3 aromatic rings. The van der Waals surface area contributed by atoms with Crippen molar-refractivity contribution in [1.29, 1.82) is 0 Å². The molecule has 2 aromatic carbocycles. The van der Waals surface area contributed by atoms with Gasteiger partial charge in [-0.2, -0.15) is 8.42 Å². The third kappa shape index (κ3) is 4.34. The normalized spacial score (nSPS) is 11.2. The van der Waals surface area contributed by atoms with Gasteiger partial charge in [-0.1, -0.05) is 23.4 Å². The summed E-state index contributed by atoms with van der Waals surface area (Å²) in [4.78, 5) is 12.0. The summed E-state index contributed by atoms with van der Waals surface area (Å²) < 4.78 is 45.7. The molecule has 10 heteroatoms. The van der Waals surface area contributed by atoms with E-state index < -0.39 is 21.6 Å². The number of rotatable bonds is 8. The molecular weight excluding hydrogens is 388 g/mol. The van der Waals surface area contributed by atoms with E-state index in [0.29, 0.717) is 17.1 Å². The van der Waals surface area contributed by atoms with Crippen molar-refractivity contribution in [3.8, 4) is 28.6 Å². The summed E-state index contributed by atoms with van der Waals surface area (Å²) in [5, 5.41) is 3.74. The minimum Gasteiger partial charge on any atom is -0.493 e. The Bertz CT molecular complexity index is 1100. The van der Waals surface area contributed by atoms with Crippen molar-refractivity contribution in [3.05, 3.63) is 59.1 Å². The van der Waals surface area contributed by atoms with Crippen molar-refractivity contribution in [1.82, 2.24) is 9.72 Å². The third-order valence-corrected chi connectivity index (χ3v) is 4.99. The van der Waals surface area contributed by atoms with E-state index in [2.05, 4.69) is 5.16 Å². The molecule has 0 spiro atoms. The average molecular weight is 406 g/mol. The molecule has 0 N–H and O–H groups in total. The molecule has 9 nitrogen and oxygen atoms in total. The fourth-order valence-electron chi connectivity index (χ4n) is 2.52. The molecule has 0 amide bonds. The molecule has 148 valence electrons. The lowest BCUT2D eigenvalue weighted by Gasteiger charge is -2.10. The summed E-state index contributed by atoms with van der Waals surface area (Å²) >= 11 is 0. The average Bonchev–Trinajstić information content (AvgIpc) is 3.07. The van der Waals surface area contributed by atoms with Crippen LogP contribution < -0.4 is 19.4 Å². The molecule has 0 aliphatic rings. The molecule has 0 aliphatic carbocycles. The zero-order chi connectivity index (χ0) is 20.1. The molecule has 0 aliphatic heterocycles. The summed E-state index contributed by atoms with van der Waals surface area (Å²) in [5.74, 6) is 0.0777. The lowest BCUT2D eigenvalue weighted by Crippen LogP contribution is -2.23. The molecule has 0 bridgehead atoms. The molecule has 3 rings (SSSR count). The van der Waals surface area contributed by atoms with Gasteiger partial charge < -0.3 is 13.7 Å². The van der Waals surface area contributed by atoms with Crippen LogP contribution in [0.2, 0.25) is 0 Å². The van der Waals surface area contributed by atoms with Gasteiger partial charge in [0.15, 0.2) is 17.3 Å². The van der Waals surface area contributed by atoms with Gasteiger partial charge in [0.05, 0.1) is 14.2 Å². The highest BCUT2D eigenvalue weighted by molar-refractivity contribution is 7.87. The molecular formula is C18H18N2O7S. The first kappa shape index (κ1) is 19.5. The van der Waals surface area contributed by atoms with Crippen molar-refractivity contribution >= 4 is 10.1 Å². The molecule has 0 unspecified atom stereocenters. The number of hydrogen-bond donors (Lipinski definition) is 0. The van der Waals surface area contributed by atoms with Crippen LogP contribution in [0.5, 0.6) is 17.2 Å². The monoisotopic (exact) mass is 406 g/mol. The van der Waals surface area contributed by atoms with Crippen LogP contribution in [0.1, 0.15) is 0 Å². The first-order valence-corrected chi connectivity index (χ1v) is 9.77. The van der Waals surface area contributed by atoms with Crippen LogP contribution in [0.3, 0.4) is 0 Å². The number of aromatic nitrogens is 2. The number of hydrogen-bond acceptors (Lipinski definition) is 8. The summed E-state index contributed by atoms with van der Waals surface area (Å²) in [6.07, 6.45) is 0. The minimum atomic E-state index is -3.92. The zero-order valence-corrected chi connectivity index (χ0v) is 16.0. The fraction of sp³-hybridized carbons (Fsp3) is 0.222. The SMILES string of the molecule is COc1ccc(-c2noc(=O)n2CCS(=O)(=O)Oc2ccccc2)cc1OC. The predicted molar refractivity (Wildman–Crippen MR) is 100 cm³/mol. The molecule has 1 aromatic heterocycles. The molecule has 0 radical (unpaired) electrons. The molecule has 28 heavy (non-hydrogen) atoms. The van der Waals surface area contributed by atoms with Gasteiger partial charge in [-0.25, -0.2) is 4.79 Å². The molecule has 0 atom stereocenters. The number of para-hydroxylation sites is 1. The Morgan fingerprint density at radius 1 is 1.04 bits per heavy atom. The Morgan fingerprint density at radius 3 is 2.43 bits per heavy atom. The van der Waals surface area contributed by atoms with Gasteiger partial charge in [0, 0.05) is 12.1 Å². The highest BCUT2D eigenvalue weighted by Gasteiger charge is 2.19. The summed E-state index contributed by atoms with van der Waals surface area (Å²) in [6, 6.07) is 13.0. The summed E-state index contributed by atoms with van der Waals surface area (Å²) in [7, 11) is -0.945. The zero-order valence-electron chi connectivity index (χ0n) is 15.2. The van der Waals surface area contributed by atoms with Gasteiger partial charge in [-0.05, 0) is 30.3 Å². The molecule has 0 saturated heterocycles. The van der Waals surface area contributed by atoms with Gasteiger partial charge in [0.1, 0.15) is 11.5 Å². The van der Waals surface area contributed by atoms with E-state index in [-0.39, 0.29) is 18.1 Å². The maximum atomic E-state index is 12.2. The topological polar surface area (TPSA) is 110 Å². The van der Waals surface area contributed by atoms with Crippen molar-refractivity contribution in [2.24, 2.45) is 0 Å². The smallest absolute Gasteiger partial charge is 0.441 e. The van der Waals surface area contributed by atoms with Crippen LogP contribution in [-0.2, 0) is 16.7 Å². The van der Waals surface area contributed by atoms with E-state index in [4.69, 9.17) is 18.2 Å². The van der Waals surface area contributed by atoms with Gasteiger partial charge in [-0.15, -0.1) is 0 Å². The van der Waals surface area contributed by atoms with E-state index in [1.165, 1.54) is 26.4 Å². The van der Waals surface area contributed by atoms with Crippen LogP contribution in [0.4, 0.5) is 0 Å². The Hall–Kier alpha value is -3.27. The lowest BCUT2D eigenvalue weighted by atomic mass is 10.2. The number of nitrogens with zero attached hydrogens (tertiary/aromatic N) is 2. The van der Waals surface area contributed by atoms with Gasteiger partial charge in [-0.3, -0.25) is 9.09 Å². The highest BCUT2D eigenvalue weighted by Crippen LogP contribution is 2.31.